The summed E-state index contributed by atoms with van der Waals surface area (Å²) < 4.78 is 6.08. The first-order valence-corrected chi connectivity index (χ1v) is 21.0. The highest BCUT2D eigenvalue weighted by Crippen LogP contribution is 2.43. The fourth-order valence-corrected chi connectivity index (χ4v) is 10.0. The van der Waals surface area contributed by atoms with Crippen LogP contribution in [0.2, 0.25) is 5.02 Å². The zero-order valence-corrected chi connectivity index (χ0v) is 33.5. The molecule has 15 nitrogen and oxygen atoms in total. The predicted molar refractivity (Wildman–Crippen MR) is 216 cm³/mol. The second-order valence-corrected chi connectivity index (χ2v) is 17.3. The third-order valence-corrected chi connectivity index (χ3v) is 13.6. The normalized spacial score (nSPS) is 24.7. The van der Waals surface area contributed by atoms with Crippen LogP contribution in [0.15, 0.2) is 48.5 Å². The molecule has 1 aromatic heterocycles. The molecule has 1 atom stereocenters. The Labute approximate surface area is 347 Å². The van der Waals surface area contributed by atoms with Crippen molar-refractivity contribution < 1.29 is 28.7 Å². The number of fused-ring (bicyclic) bond motifs is 1. The summed E-state index contributed by atoms with van der Waals surface area (Å²) in [5.41, 5.74) is 2.50. The van der Waals surface area contributed by atoms with E-state index in [9.17, 15) is 24.0 Å². The molecule has 1 spiro atoms. The summed E-state index contributed by atoms with van der Waals surface area (Å²) in [5.74, 6) is -0.745. The minimum absolute atomic E-state index is 0.0222. The summed E-state index contributed by atoms with van der Waals surface area (Å²) in [6.07, 6.45) is 7.67. The van der Waals surface area contributed by atoms with Crippen LogP contribution in [-0.2, 0) is 9.59 Å². The van der Waals surface area contributed by atoms with E-state index < -0.39 is 29.7 Å². The van der Waals surface area contributed by atoms with Crippen LogP contribution in [0.5, 0.6) is 5.75 Å². The number of ether oxygens (including phenoxy) is 1. The number of benzene rings is 2. The van der Waals surface area contributed by atoms with Gasteiger partial charge in [0.25, 0.3) is 17.7 Å². The number of rotatable bonds is 8. The number of imide groups is 2. The van der Waals surface area contributed by atoms with E-state index in [4.69, 9.17) is 21.6 Å². The van der Waals surface area contributed by atoms with Gasteiger partial charge in [-0.15, -0.1) is 10.2 Å². The smallest absolute Gasteiger partial charge is 0.272 e. The van der Waals surface area contributed by atoms with E-state index in [1.54, 1.807) is 36.4 Å². The van der Waals surface area contributed by atoms with E-state index in [1.165, 1.54) is 0 Å². The molecule has 0 bridgehead atoms. The van der Waals surface area contributed by atoms with Crippen molar-refractivity contribution in [2.24, 2.45) is 5.41 Å². The Balaban J connectivity index is 0.700. The highest BCUT2D eigenvalue weighted by Gasteiger charge is 2.47. The van der Waals surface area contributed by atoms with Crippen LogP contribution in [0, 0.1) is 16.7 Å². The fourth-order valence-electron chi connectivity index (χ4n) is 9.80. The van der Waals surface area contributed by atoms with Gasteiger partial charge < -0.3 is 24.8 Å². The second-order valence-electron chi connectivity index (χ2n) is 16.9. The molecule has 5 fully saturated rings. The average molecular weight is 820 g/mol. The zero-order valence-electron chi connectivity index (χ0n) is 32.7. The highest BCUT2D eigenvalue weighted by atomic mass is 35.5. The monoisotopic (exact) mass is 819 g/mol. The van der Waals surface area contributed by atoms with Crippen LogP contribution in [0.1, 0.15) is 101 Å². The molecular formula is C43H46ClN9O6. The van der Waals surface area contributed by atoms with Gasteiger partial charge in [-0.2, -0.15) is 5.26 Å². The molecule has 1 saturated carbocycles. The van der Waals surface area contributed by atoms with Gasteiger partial charge in [0.05, 0.1) is 27.8 Å². The van der Waals surface area contributed by atoms with E-state index >= 15 is 0 Å². The van der Waals surface area contributed by atoms with Gasteiger partial charge in [-0.3, -0.25) is 34.2 Å². The first kappa shape index (κ1) is 38.9. The van der Waals surface area contributed by atoms with Gasteiger partial charge in [-0.1, -0.05) is 11.6 Å². The highest BCUT2D eigenvalue weighted by molar-refractivity contribution is 6.31. The number of piperidine rings is 3. The average Bonchev–Trinajstić information content (AvgIpc) is 3.48. The van der Waals surface area contributed by atoms with Crippen LogP contribution in [0.25, 0.3) is 0 Å². The number of nitriles is 1. The van der Waals surface area contributed by atoms with Crippen LogP contribution < -0.4 is 25.2 Å². The Hall–Kier alpha value is -5.59. The van der Waals surface area contributed by atoms with Gasteiger partial charge in [0.1, 0.15) is 17.9 Å². The molecule has 16 heteroatoms. The molecule has 306 valence electrons. The van der Waals surface area contributed by atoms with Gasteiger partial charge in [0, 0.05) is 61.9 Å². The SMILES string of the molecule is N#Cc1ccc(OC2CCC(NC(=O)c3ccc(N4CC5(CCN(C6CCN(c7ccc8c(c7)C(=O)N(C7CCC(=O)NC7=O)C8=O)CC6)CC5)C4)nn3)CC2)cc1Cl. The second kappa shape index (κ2) is 15.9. The number of hydrogen-bond acceptors (Lipinski definition) is 12. The zero-order chi connectivity index (χ0) is 40.8. The Bertz CT molecular complexity index is 2210. The first-order chi connectivity index (χ1) is 28.6. The number of aromatic nitrogens is 2. The number of carbonyl (C=O) groups excluding carboxylic acids is 5. The van der Waals surface area contributed by atoms with Crippen molar-refractivity contribution in [2.45, 2.75) is 88.4 Å². The van der Waals surface area contributed by atoms with Gasteiger partial charge in [0.15, 0.2) is 11.5 Å². The lowest BCUT2D eigenvalue weighted by molar-refractivity contribution is -0.136. The third kappa shape index (κ3) is 7.71. The maximum Gasteiger partial charge on any atom is 0.272 e. The number of nitrogens with one attached hydrogen (secondary N) is 2. The minimum atomic E-state index is -0.972. The number of halogens is 1. The molecular weight excluding hydrogens is 774 g/mol. The molecule has 5 aliphatic heterocycles. The molecule has 1 aliphatic carbocycles. The molecule has 3 aromatic rings. The Morgan fingerprint density at radius 2 is 1.59 bits per heavy atom. The molecule has 5 amide bonds. The molecule has 59 heavy (non-hydrogen) atoms. The number of nitrogens with zero attached hydrogens (tertiary/aromatic N) is 7. The van der Waals surface area contributed by atoms with Crippen molar-refractivity contribution in [3.8, 4) is 11.8 Å². The van der Waals surface area contributed by atoms with Crippen LogP contribution in [0.4, 0.5) is 11.5 Å². The molecule has 0 radical (unpaired) electrons. The standard InChI is InChI=1S/C43H46ClN9O6/c44-34-22-31(5-1-26(34)23-45)59-30-6-2-27(3-7-30)46-39(55)35-9-11-37(49-48-35)52-24-43(25-52)15-19-51(20-16-43)28-13-17-50(18-14-28)29-4-8-32-33(21-29)42(58)53(41(32)57)36-10-12-38(54)47-40(36)56/h1,4-5,8-9,11,21-22,27-28,30,36H,2-3,6-7,10,12-20,24-25H2,(H,46,55)(H,47,54,56). The Kier molecular flexibility index (Phi) is 10.5. The number of carbonyl (C=O) groups is 5. The molecule has 1 unspecified atom stereocenters. The quantitative estimate of drug-likeness (QED) is 0.311. The molecule has 6 aliphatic rings. The van der Waals surface area contributed by atoms with Crippen molar-refractivity contribution in [1.29, 1.82) is 5.26 Å². The van der Waals surface area contributed by atoms with Gasteiger partial charge in [0.2, 0.25) is 11.8 Å². The lowest BCUT2D eigenvalue weighted by atomic mass is 9.71. The molecule has 2 aromatic carbocycles. The largest absolute Gasteiger partial charge is 0.490 e. The topological polar surface area (TPSA) is 181 Å². The summed E-state index contributed by atoms with van der Waals surface area (Å²) in [4.78, 5) is 71.8. The summed E-state index contributed by atoms with van der Waals surface area (Å²) in [6, 6.07) is 15.7. The lowest BCUT2D eigenvalue weighted by Gasteiger charge is -2.55. The fraction of sp³-hybridized carbons (Fsp3) is 0.488. The van der Waals surface area contributed by atoms with E-state index in [1.807, 2.05) is 12.1 Å². The summed E-state index contributed by atoms with van der Waals surface area (Å²) in [7, 11) is 0. The lowest BCUT2D eigenvalue weighted by Crippen LogP contribution is -2.62. The first-order valence-electron chi connectivity index (χ1n) is 20.7. The molecule has 6 heterocycles. The van der Waals surface area contributed by atoms with E-state index in [0.717, 1.165) is 107 Å². The van der Waals surface area contributed by atoms with Crippen molar-refractivity contribution in [3.05, 3.63) is 75.9 Å². The van der Waals surface area contributed by atoms with Crippen LogP contribution >= 0.6 is 11.6 Å². The maximum atomic E-state index is 13.4. The summed E-state index contributed by atoms with van der Waals surface area (Å²) >= 11 is 6.15. The number of anilines is 2. The van der Waals surface area contributed by atoms with Crippen LogP contribution in [0.3, 0.4) is 0 Å². The molecule has 2 N–H and O–H groups in total. The van der Waals surface area contributed by atoms with E-state index in [-0.39, 0.29) is 36.3 Å². The van der Waals surface area contributed by atoms with Crippen molar-refractivity contribution in [3.63, 3.8) is 0 Å². The molecule has 4 saturated heterocycles. The van der Waals surface area contributed by atoms with Gasteiger partial charge in [-0.25, -0.2) is 0 Å². The number of likely N-dealkylation sites (tertiary alicyclic amines) is 1. The summed E-state index contributed by atoms with van der Waals surface area (Å²) in [5, 5.41) is 23.6. The van der Waals surface area contributed by atoms with E-state index in [0.29, 0.717) is 39.2 Å². The third-order valence-electron chi connectivity index (χ3n) is 13.3. The number of amides is 5. The van der Waals surface area contributed by atoms with Crippen LogP contribution in [-0.4, -0.2) is 113 Å². The van der Waals surface area contributed by atoms with E-state index in [2.05, 4.69) is 41.6 Å². The summed E-state index contributed by atoms with van der Waals surface area (Å²) in [6.45, 7) is 5.65. The van der Waals surface area contributed by atoms with Crippen molar-refractivity contribution in [2.75, 3.05) is 49.1 Å². The molecule has 9 rings (SSSR count). The van der Waals surface area contributed by atoms with Crippen molar-refractivity contribution >= 4 is 52.6 Å². The maximum absolute atomic E-state index is 13.4. The predicted octanol–water partition coefficient (Wildman–Crippen LogP) is 4.09. The van der Waals surface area contributed by atoms with Gasteiger partial charge in [-0.05, 0) is 113 Å². The van der Waals surface area contributed by atoms with Crippen molar-refractivity contribution in [1.82, 2.24) is 30.6 Å². The number of hydrogen-bond donors (Lipinski definition) is 2. The van der Waals surface area contributed by atoms with Gasteiger partial charge >= 0.3 is 0 Å². The Morgan fingerprint density at radius 1 is 0.847 bits per heavy atom. The minimum Gasteiger partial charge on any atom is -0.490 e. The Morgan fingerprint density at radius 3 is 2.27 bits per heavy atom.